The lowest BCUT2D eigenvalue weighted by molar-refractivity contribution is -0.207. The predicted octanol–water partition coefficient (Wildman–Crippen LogP) is 3.67. The van der Waals surface area contributed by atoms with E-state index < -0.39 is 0 Å². The highest BCUT2D eigenvalue weighted by molar-refractivity contribution is 5.87. The molecule has 0 aromatic heterocycles. The molecular formula is C29H45NO4. The van der Waals surface area contributed by atoms with Crippen LogP contribution in [0.5, 0.6) is 0 Å². The Morgan fingerprint density at radius 2 is 1.91 bits per heavy atom. The van der Waals surface area contributed by atoms with Gasteiger partial charge in [0.05, 0.1) is 24.9 Å². The van der Waals surface area contributed by atoms with E-state index in [9.17, 15) is 20.1 Å². The molecular weight excluding hydrogens is 426 g/mol. The fraction of sp³-hybridized carbons (Fsp3) is 0.828. The van der Waals surface area contributed by atoms with Crippen LogP contribution in [-0.4, -0.2) is 46.1 Å². The minimum atomic E-state index is -0.353. The summed E-state index contributed by atoms with van der Waals surface area (Å²) >= 11 is 0. The molecule has 11 atom stereocenters. The molecule has 4 rings (SSSR count). The van der Waals surface area contributed by atoms with Crippen molar-refractivity contribution in [3.63, 3.8) is 0 Å². The van der Waals surface area contributed by atoms with E-state index in [0.717, 1.165) is 57.8 Å². The summed E-state index contributed by atoms with van der Waals surface area (Å²) in [5.41, 5.74) is -0.0627. The molecule has 4 fully saturated rings. The van der Waals surface area contributed by atoms with E-state index in [0.29, 0.717) is 29.6 Å². The third-order valence-electron chi connectivity index (χ3n) is 10.9. The molecule has 4 N–H and O–H groups in total. The number of carbonyl (C=O) groups excluding carboxylic acids is 1. The SMILES string of the molecule is C#CCNC(=O)C=CCCC(C)C1CCC2C3C(O)CC4CC(O)CCC4(C)C3CC(O)C12C. The fourth-order valence-electron chi connectivity index (χ4n) is 9.08. The number of terminal acetylenes is 1. The molecule has 0 saturated heterocycles. The van der Waals surface area contributed by atoms with Gasteiger partial charge in [0.2, 0.25) is 5.91 Å². The van der Waals surface area contributed by atoms with E-state index in [1.807, 2.05) is 6.08 Å². The number of fused-ring (bicyclic) bond motifs is 5. The molecule has 0 aliphatic heterocycles. The van der Waals surface area contributed by atoms with Crippen LogP contribution in [0.25, 0.3) is 0 Å². The van der Waals surface area contributed by atoms with Crippen LogP contribution in [0.2, 0.25) is 0 Å². The molecule has 4 saturated carbocycles. The number of amides is 1. The number of hydrogen-bond acceptors (Lipinski definition) is 4. The summed E-state index contributed by atoms with van der Waals surface area (Å²) in [7, 11) is 0. The zero-order valence-corrected chi connectivity index (χ0v) is 21.2. The quantitative estimate of drug-likeness (QED) is 0.351. The molecule has 0 spiro atoms. The van der Waals surface area contributed by atoms with E-state index in [-0.39, 0.29) is 47.5 Å². The maximum Gasteiger partial charge on any atom is 0.244 e. The minimum absolute atomic E-state index is 0.111. The van der Waals surface area contributed by atoms with E-state index in [2.05, 4.69) is 32.0 Å². The summed E-state index contributed by atoms with van der Waals surface area (Å²) in [5, 5.41) is 36.0. The van der Waals surface area contributed by atoms with Crippen LogP contribution in [0.3, 0.4) is 0 Å². The van der Waals surface area contributed by atoms with E-state index in [1.165, 1.54) is 0 Å². The summed E-state index contributed by atoms with van der Waals surface area (Å²) < 4.78 is 0. The summed E-state index contributed by atoms with van der Waals surface area (Å²) in [6, 6.07) is 0. The summed E-state index contributed by atoms with van der Waals surface area (Å²) in [4.78, 5) is 11.7. The van der Waals surface area contributed by atoms with Gasteiger partial charge in [-0.1, -0.05) is 32.8 Å². The van der Waals surface area contributed by atoms with Gasteiger partial charge in [-0.25, -0.2) is 0 Å². The molecule has 0 bridgehead atoms. The van der Waals surface area contributed by atoms with Gasteiger partial charge in [-0.15, -0.1) is 6.42 Å². The van der Waals surface area contributed by atoms with Crippen molar-refractivity contribution >= 4 is 5.91 Å². The second kappa shape index (κ2) is 9.96. The highest BCUT2D eigenvalue weighted by Crippen LogP contribution is 2.68. The number of hydrogen-bond donors (Lipinski definition) is 4. The lowest BCUT2D eigenvalue weighted by Crippen LogP contribution is -2.62. The first-order chi connectivity index (χ1) is 16.1. The molecule has 34 heavy (non-hydrogen) atoms. The number of rotatable bonds is 6. The lowest BCUT2D eigenvalue weighted by Gasteiger charge is -2.63. The van der Waals surface area contributed by atoms with E-state index in [1.54, 1.807) is 6.08 Å². The van der Waals surface area contributed by atoms with Crippen molar-refractivity contribution < 1.29 is 20.1 Å². The Morgan fingerprint density at radius 3 is 2.65 bits per heavy atom. The maximum absolute atomic E-state index is 11.7. The Kier molecular flexibility index (Phi) is 7.54. The number of aliphatic hydroxyl groups is 3. The maximum atomic E-state index is 11.7. The van der Waals surface area contributed by atoms with Crippen molar-refractivity contribution in [2.75, 3.05) is 6.54 Å². The molecule has 1 amide bonds. The molecule has 4 aliphatic carbocycles. The Morgan fingerprint density at radius 1 is 1.15 bits per heavy atom. The second-order valence-corrected chi connectivity index (χ2v) is 12.4. The van der Waals surface area contributed by atoms with Crippen molar-refractivity contribution in [3.8, 4) is 12.3 Å². The zero-order chi connectivity index (χ0) is 24.7. The van der Waals surface area contributed by atoms with Crippen LogP contribution >= 0.6 is 0 Å². The molecule has 0 heterocycles. The molecule has 0 radical (unpaired) electrons. The standard InChI is InChI=1S/C29H45NO4/c1-5-14-30-26(34)9-7-6-8-18(2)21-10-11-22-27-23(17-25(33)29(21,22)4)28(3)13-12-20(31)15-19(28)16-24(27)32/h1,7,9,18-25,27,31-33H,6,8,10-17H2,2-4H3,(H,30,34). The number of allylic oxidation sites excluding steroid dienone is 1. The lowest BCUT2D eigenvalue weighted by atomic mass is 9.43. The summed E-state index contributed by atoms with van der Waals surface area (Å²) in [6.45, 7) is 7.21. The monoisotopic (exact) mass is 471 g/mol. The van der Waals surface area contributed by atoms with Gasteiger partial charge in [-0.2, -0.15) is 0 Å². The first-order valence-electron chi connectivity index (χ1n) is 13.5. The molecule has 11 unspecified atom stereocenters. The van der Waals surface area contributed by atoms with Gasteiger partial charge in [0, 0.05) is 0 Å². The van der Waals surface area contributed by atoms with Crippen molar-refractivity contribution in [2.45, 2.75) is 96.9 Å². The Labute approximate surface area is 205 Å². The topological polar surface area (TPSA) is 89.8 Å². The van der Waals surface area contributed by atoms with Gasteiger partial charge in [0.15, 0.2) is 0 Å². The first-order valence-corrected chi connectivity index (χ1v) is 13.5. The molecule has 5 heteroatoms. The average molecular weight is 472 g/mol. The molecule has 190 valence electrons. The van der Waals surface area contributed by atoms with Gasteiger partial charge in [0.25, 0.3) is 0 Å². The van der Waals surface area contributed by atoms with Crippen LogP contribution in [0.4, 0.5) is 0 Å². The highest BCUT2D eigenvalue weighted by atomic mass is 16.3. The predicted molar refractivity (Wildman–Crippen MR) is 133 cm³/mol. The highest BCUT2D eigenvalue weighted by Gasteiger charge is 2.65. The van der Waals surface area contributed by atoms with Crippen molar-refractivity contribution in [2.24, 2.45) is 46.3 Å². The number of aliphatic hydroxyl groups excluding tert-OH is 3. The fourth-order valence-corrected chi connectivity index (χ4v) is 9.08. The van der Waals surface area contributed by atoms with Crippen LogP contribution in [0.15, 0.2) is 12.2 Å². The van der Waals surface area contributed by atoms with Crippen LogP contribution in [0.1, 0.15) is 78.6 Å². The third kappa shape index (κ3) is 4.36. The average Bonchev–Trinajstić information content (AvgIpc) is 3.15. The Bertz CT molecular complexity index is 819. The summed E-state index contributed by atoms with van der Waals surface area (Å²) in [6.07, 6.45) is 15.9. The summed E-state index contributed by atoms with van der Waals surface area (Å²) in [5.74, 6) is 4.39. The number of carbonyl (C=O) groups is 1. The van der Waals surface area contributed by atoms with Gasteiger partial charge in [-0.3, -0.25) is 4.79 Å². The van der Waals surface area contributed by atoms with Gasteiger partial charge in [-0.05, 0) is 110 Å². The van der Waals surface area contributed by atoms with E-state index >= 15 is 0 Å². The molecule has 5 nitrogen and oxygen atoms in total. The van der Waals surface area contributed by atoms with Crippen LogP contribution in [-0.2, 0) is 4.79 Å². The van der Waals surface area contributed by atoms with Gasteiger partial charge >= 0.3 is 0 Å². The van der Waals surface area contributed by atoms with Crippen LogP contribution in [0, 0.1) is 58.7 Å². The Balaban J connectivity index is 1.45. The molecule has 4 aliphatic rings. The Hall–Kier alpha value is -1.35. The molecule has 0 aromatic carbocycles. The smallest absolute Gasteiger partial charge is 0.244 e. The van der Waals surface area contributed by atoms with Crippen molar-refractivity contribution in [1.29, 1.82) is 0 Å². The van der Waals surface area contributed by atoms with Gasteiger partial charge < -0.3 is 20.6 Å². The first kappa shape index (κ1) is 25.7. The normalized spacial score (nSPS) is 46.7. The van der Waals surface area contributed by atoms with Gasteiger partial charge in [0.1, 0.15) is 0 Å². The second-order valence-electron chi connectivity index (χ2n) is 12.4. The minimum Gasteiger partial charge on any atom is -0.393 e. The zero-order valence-electron chi connectivity index (χ0n) is 21.2. The largest absolute Gasteiger partial charge is 0.393 e. The molecule has 0 aromatic rings. The van der Waals surface area contributed by atoms with E-state index in [4.69, 9.17) is 6.42 Å². The van der Waals surface area contributed by atoms with Crippen molar-refractivity contribution in [3.05, 3.63) is 12.2 Å². The number of nitrogens with one attached hydrogen (secondary N) is 1. The van der Waals surface area contributed by atoms with Crippen LogP contribution < -0.4 is 5.32 Å². The van der Waals surface area contributed by atoms with Crippen molar-refractivity contribution in [1.82, 2.24) is 5.32 Å². The third-order valence-corrected chi connectivity index (χ3v) is 10.9.